The SMILES string of the molecule is CN1CC2CN(C(=O)C3CCCC3)CC2C1. The molecule has 2 heterocycles. The Balaban J connectivity index is 1.60. The summed E-state index contributed by atoms with van der Waals surface area (Å²) in [5.41, 5.74) is 0. The molecule has 0 aromatic rings. The van der Waals surface area contributed by atoms with Gasteiger partial charge in [-0.2, -0.15) is 0 Å². The normalized spacial score (nSPS) is 35.9. The van der Waals surface area contributed by atoms with Gasteiger partial charge in [0.15, 0.2) is 0 Å². The highest BCUT2D eigenvalue weighted by Crippen LogP contribution is 2.33. The predicted molar refractivity (Wildman–Crippen MR) is 63.0 cm³/mol. The summed E-state index contributed by atoms with van der Waals surface area (Å²) >= 11 is 0. The second-order valence-electron chi connectivity index (χ2n) is 5.97. The standard InChI is InChI=1S/C13H22N2O/c1-14-6-11-8-15(9-12(11)7-14)13(16)10-4-2-3-5-10/h10-12H,2-9H2,1H3. The van der Waals surface area contributed by atoms with E-state index in [1.54, 1.807) is 0 Å². The van der Waals surface area contributed by atoms with Gasteiger partial charge in [0.05, 0.1) is 0 Å². The van der Waals surface area contributed by atoms with E-state index in [9.17, 15) is 4.79 Å². The number of amides is 1. The van der Waals surface area contributed by atoms with Crippen molar-refractivity contribution < 1.29 is 4.79 Å². The Labute approximate surface area is 97.8 Å². The molecule has 3 rings (SSSR count). The van der Waals surface area contributed by atoms with Crippen LogP contribution < -0.4 is 0 Å². The van der Waals surface area contributed by atoms with Crippen molar-refractivity contribution in [2.75, 3.05) is 33.2 Å². The first kappa shape index (κ1) is 10.6. The summed E-state index contributed by atoms with van der Waals surface area (Å²) in [6.45, 7) is 4.45. The van der Waals surface area contributed by atoms with E-state index in [2.05, 4.69) is 16.8 Å². The number of nitrogens with zero attached hydrogens (tertiary/aromatic N) is 2. The number of carbonyl (C=O) groups excluding carboxylic acids is 1. The smallest absolute Gasteiger partial charge is 0.225 e. The summed E-state index contributed by atoms with van der Waals surface area (Å²) < 4.78 is 0. The minimum atomic E-state index is 0.372. The Hall–Kier alpha value is -0.570. The van der Waals surface area contributed by atoms with E-state index < -0.39 is 0 Å². The molecule has 0 aromatic heterocycles. The number of fused-ring (bicyclic) bond motifs is 1. The summed E-state index contributed by atoms with van der Waals surface area (Å²) in [6, 6.07) is 0. The molecule has 1 aliphatic carbocycles. The lowest BCUT2D eigenvalue weighted by Crippen LogP contribution is -2.35. The topological polar surface area (TPSA) is 23.6 Å². The average molecular weight is 222 g/mol. The Morgan fingerprint density at radius 3 is 2.12 bits per heavy atom. The Morgan fingerprint density at radius 1 is 1.00 bits per heavy atom. The molecule has 3 nitrogen and oxygen atoms in total. The second kappa shape index (κ2) is 4.02. The monoisotopic (exact) mass is 222 g/mol. The average Bonchev–Trinajstić information content (AvgIpc) is 2.89. The third kappa shape index (κ3) is 1.75. The minimum absolute atomic E-state index is 0.372. The third-order valence-corrected chi connectivity index (χ3v) is 4.68. The molecule has 1 saturated carbocycles. The van der Waals surface area contributed by atoms with Crippen LogP contribution in [0.25, 0.3) is 0 Å². The Kier molecular flexibility index (Phi) is 2.66. The van der Waals surface area contributed by atoms with Crippen LogP contribution in [0.15, 0.2) is 0 Å². The molecule has 3 aliphatic rings. The van der Waals surface area contributed by atoms with Gasteiger partial charge in [-0.25, -0.2) is 0 Å². The van der Waals surface area contributed by atoms with Crippen LogP contribution in [-0.4, -0.2) is 48.9 Å². The van der Waals surface area contributed by atoms with Gasteiger partial charge in [0.2, 0.25) is 5.91 Å². The second-order valence-corrected chi connectivity index (χ2v) is 5.97. The predicted octanol–water partition coefficient (Wildman–Crippen LogP) is 1.20. The van der Waals surface area contributed by atoms with E-state index >= 15 is 0 Å². The fourth-order valence-electron chi connectivity index (χ4n) is 3.84. The highest BCUT2D eigenvalue weighted by atomic mass is 16.2. The lowest BCUT2D eigenvalue weighted by Gasteiger charge is -2.22. The fraction of sp³-hybridized carbons (Fsp3) is 0.923. The summed E-state index contributed by atoms with van der Waals surface area (Å²) in [4.78, 5) is 16.8. The van der Waals surface area contributed by atoms with Crippen LogP contribution in [0.2, 0.25) is 0 Å². The lowest BCUT2D eigenvalue weighted by molar-refractivity contribution is -0.134. The van der Waals surface area contributed by atoms with E-state index in [4.69, 9.17) is 0 Å². The molecule has 0 radical (unpaired) electrons. The molecule has 3 fully saturated rings. The van der Waals surface area contributed by atoms with Crippen molar-refractivity contribution in [1.82, 2.24) is 9.80 Å². The van der Waals surface area contributed by atoms with Gasteiger partial charge in [-0.3, -0.25) is 4.79 Å². The molecule has 2 saturated heterocycles. The maximum atomic E-state index is 12.3. The molecule has 0 N–H and O–H groups in total. The van der Waals surface area contributed by atoms with Crippen LogP contribution in [0.3, 0.4) is 0 Å². The van der Waals surface area contributed by atoms with Gasteiger partial charge in [-0.15, -0.1) is 0 Å². The van der Waals surface area contributed by atoms with Gasteiger partial charge < -0.3 is 9.80 Å². The molecule has 0 aromatic carbocycles. The van der Waals surface area contributed by atoms with Gasteiger partial charge in [0.25, 0.3) is 0 Å². The molecule has 2 aliphatic heterocycles. The molecule has 0 spiro atoms. The van der Waals surface area contributed by atoms with Crippen LogP contribution in [-0.2, 0) is 4.79 Å². The van der Waals surface area contributed by atoms with Crippen LogP contribution in [0, 0.1) is 17.8 Å². The fourth-order valence-corrected chi connectivity index (χ4v) is 3.84. The van der Waals surface area contributed by atoms with Crippen molar-refractivity contribution in [2.24, 2.45) is 17.8 Å². The molecule has 1 amide bonds. The molecule has 0 bridgehead atoms. The van der Waals surface area contributed by atoms with E-state index in [0.717, 1.165) is 37.8 Å². The van der Waals surface area contributed by atoms with Crippen molar-refractivity contribution in [1.29, 1.82) is 0 Å². The van der Waals surface area contributed by atoms with E-state index in [1.807, 2.05) is 0 Å². The number of carbonyl (C=O) groups is 1. The van der Waals surface area contributed by atoms with Crippen molar-refractivity contribution in [2.45, 2.75) is 25.7 Å². The largest absolute Gasteiger partial charge is 0.342 e. The first-order valence-corrected chi connectivity index (χ1v) is 6.71. The zero-order valence-electron chi connectivity index (χ0n) is 10.2. The molecule has 2 unspecified atom stereocenters. The zero-order chi connectivity index (χ0) is 11.1. The van der Waals surface area contributed by atoms with Crippen molar-refractivity contribution in [3.05, 3.63) is 0 Å². The molecule has 2 atom stereocenters. The highest BCUT2D eigenvalue weighted by Gasteiger charge is 2.41. The highest BCUT2D eigenvalue weighted by molar-refractivity contribution is 5.79. The summed E-state index contributed by atoms with van der Waals surface area (Å²) in [7, 11) is 2.20. The van der Waals surface area contributed by atoms with E-state index in [-0.39, 0.29) is 0 Å². The molecule has 90 valence electrons. The van der Waals surface area contributed by atoms with Crippen LogP contribution in [0.1, 0.15) is 25.7 Å². The van der Waals surface area contributed by atoms with Gasteiger partial charge in [0, 0.05) is 32.1 Å². The van der Waals surface area contributed by atoms with Gasteiger partial charge in [-0.05, 0) is 31.7 Å². The molecular weight excluding hydrogens is 200 g/mol. The van der Waals surface area contributed by atoms with E-state index in [0.29, 0.717) is 11.8 Å². The van der Waals surface area contributed by atoms with Gasteiger partial charge >= 0.3 is 0 Å². The zero-order valence-corrected chi connectivity index (χ0v) is 10.2. The van der Waals surface area contributed by atoms with Crippen molar-refractivity contribution in [3.8, 4) is 0 Å². The van der Waals surface area contributed by atoms with Crippen molar-refractivity contribution in [3.63, 3.8) is 0 Å². The number of hydrogen-bond acceptors (Lipinski definition) is 2. The number of hydrogen-bond donors (Lipinski definition) is 0. The summed E-state index contributed by atoms with van der Waals surface area (Å²) in [6.07, 6.45) is 4.81. The molecule has 3 heteroatoms. The van der Waals surface area contributed by atoms with Crippen LogP contribution in [0.5, 0.6) is 0 Å². The number of likely N-dealkylation sites (tertiary alicyclic amines) is 2. The Morgan fingerprint density at radius 2 is 1.56 bits per heavy atom. The first-order chi connectivity index (χ1) is 7.74. The number of rotatable bonds is 1. The van der Waals surface area contributed by atoms with Gasteiger partial charge in [-0.1, -0.05) is 12.8 Å². The molecule has 16 heavy (non-hydrogen) atoms. The van der Waals surface area contributed by atoms with E-state index in [1.165, 1.54) is 25.9 Å². The minimum Gasteiger partial charge on any atom is -0.342 e. The first-order valence-electron chi connectivity index (χ1n) is 6.71. The molecular formula is C13H22N2O. The maximum Gasteiger partial charge on any atom is 0.225 e. The van der Waals surface area contributed by atoms with Crippen molar-refractivity contribution >= 4 is 5.91 Å². The van der Waals surface area contributed by atoms with Gasteiger partial charge in [0.1, 0.15) is 0 Å². The Bertz CT molecular complexity index is 272. The lowest BCUT2D eigenvalue weighted by atomic mass is 10.0. The summed E-state index contributed by atoms with van der Waals surface area (Å²) in [5.74, 6) is 2.36. The van der Waals surface area contributed by atoms with Crippen LogP contribution in [0.4, 0.5) is 0 Å². The third-order valence-electron chi connectivity index (χ3n) is 4.68. The maximum absolute atomic E-state index is 12.3. The quantitative estimate of drug-likeness (QED) is 0.665. The summed E-state index contributed by atoms with van der Waals surface area (Å²) in [5, 5.41) is 0. The van der Waals surface area contributed by atoms with Crippen LogP contribution >= 0.6 is 0 Å².